The number of hydrogen-bond donors (Lipinski definition) is 1. The fourth-order valence-electron chi connectivity index (χ4n) is 3.08. The van der Waals surface area contributed by atoms with Gasteiger partial charge >= 0.3 is 0 Å². The zero-order chi connectivity index (χ0) is 14.3. The van der Waals surface area contributed by atoms with Crippen LogP contribution in [0.3, 0.4) is 0 Å². The average molecular weight is 275 g/mol. The topological polar surface area (TPSA) is 60.1 Å². The first kappa shape index (κ1) is 13.1. The van der Waals surface area contributed by atoms with Gasteiger partial charge in [-0.15, -0.1) is 0 Å². The lowest BCUT2D eigenvalue weighted by Crippen LogP contribution is -2.51. The van der Waals surface area contributed by atoms with E-state index < -0.39 is 0 Å². The van der Waals surface area contributed by atoms with Gasteiger partial charge in [0.05, 0.1) is 12.1 Å². The highest BCUT2D eigenvalue weighted by molar-refractivity contribution is 5.81. The summed E-state index contributed by atoms with van der Waals surface area (Å²) in [5.74, 6) is 2.23. The summed E-state index contributed by atoms with van der Waals surface area (Å²) in [6.07, 6.45) is 0. The van der Waals surface area contributed by atoms with E-state index in [2.05, 4.69) is 42.8 Å². The van der Waals surface area contributed by atoms with Gasteiger partial charge in [-0.3, -0.25) is 4.99 Å². The molecule has 1 aromatic carbocycles. The maximum atomic E-state index is 6.05. The summed E-state index contributed by atoms with van der Waals surface area (Å²) in [6.45, 7) is 8.30. The van der Waals surface area contributed by atoms with E-state index in [-0.39, 0.29) is 5.54 Å². The van der Waals surface area contributed by atoms with Crippen LogP contribution in [0.2, 0.25) is 0 Å². The first-order valence-electron chi connectivity index (χ1n) is 7.02. The third kappa shape index (κ3) is 1.88. The molecule has 5 nitrogen and oxygen atoms in total. The molecule has 20 heavy (non-hydrogen) atoms. The molecule has 0 saturated heterocycles. The summed E-state index contributed by atoms with van der Waals surface area (Å²) in [4.78, 5) is 6.59. The predicted molar refractivity (Wildman–Crippen MR) is 78.2 cm³/mol. The van der Waals surface area contributed by atoms with Crippen LogP contribution in [-0.2, 0) is 5.54 Å². The lowest BCUT2D eigenvalue weighted by Gasteiger charge is -2.40. The Hall–Kier alpha value is -1.91. The Morgan fingerprint density at radius 2 is 1.95 bits per heavy atom. The van der Waals surface area contributed by atoms with E-state index in [1.165, 1.54) is 0 Å². The molecular formula is C15H21N3O2. The molecule has 5 heteroatoms. The van der Waals surface area contributed by atoms with Crippen LogP contribution in [-0.4, -0.2) is 36.7 Å². The molecule has 108 valence electrons. The van der Waals surface area contributed by atoms with Gasteiger partial charge in [0.2, 0.25) is 0 Å². The van der Waals surface area contributed by atoms with E-state index in [4.69, 9.17) is 15.2 Å². The Kier molecular flexibility index (Phi) is 3.00. The minimum atomic E-state index is -0.228. The zero-order valence-corrected chi connectivity index (χ0v) is 12.2. The second-order valence-corrected chi connectivity index (χ2v) is 5.77. The Bertz CT molecular complexity index is 556. The summed E-state index contributed by atoms with van der Waals surface area (Å²) in [5, 5.41) is 0. The van der Waals surface area contributed by atoms with Gasteiger partial charge in [0.15, 0.2) is 17.5 Å². The molecule has 1 unspecified atom stereocenters. The van der Waals surface area contributed by atoms with Crippen molar-refractivity contribution < 1.29 is 9.47 Å². The molecule has 0 fully saturated rings. The van der Waals surface area contributed by atoms with Crippen LogP contribution < -0.4 is 15.2 Å². The highest BCUT2D eigenvalue weighted by atomic mass is 16.6. The van der Waals surface area contributed by atoms with Crippen molar-refractivity contribution >= 4 is 5.96 Å². The van der Waals surface area contributed by atoms with Gasteiger partial charge < -0.3 is 20.1 Å². The van der Waals surface area contributed by atoms with E-state index >= 15 is 0 Å². The number of fused-ring (bicyclic) bond motifs is 1. The van der Waals surface area contributed by atoms with Crippen molar-refractivity contribution in [2.45, 2.75) is 32.4 Å². The third-order valence-electron chi connectivity index (χ3n) is 4.01. The fourth-order valence-corrected chi connectivity index (χ4v) is 3.08. The van der Waals surface area contributed by atoms with Gasteiger partial charge in [-0.25, -0.2) is 0 Å². The van der Waals surface area contributed by atoms with Crippen LogP contribution in [0, 0.1) is 0 Å². The van der Waals surface area contributed by atoms with E-state index in [1.807, 2.05) is 6.07 Å². The number of guanidine groups is 1. The largest absolute Gasteiger partial charge is 0.486 e. The maximum absolute atomic E-state index is 6.05. The number of rotatable bonds is 2. The molecular weight excluding hydrogens is 254 g/mol. The molecule has 1 aromatic rings. The van der Waals surface area contributed by atoms with Crippen LogP contribution in [0.15, 0.2) is 23.2 Å². The molecule has 1 atom stereocenters. The molecule has 2 N–H and O–H groups in total. The second-order valence-electron chi connectivity index (χ2n) is 5.77. The van der Waals surface area contributed by atoms with Crippen molar-refractivity contribution in [3.63, 3.8) is 0 Å². The summed E-state index contributed by atoms with van der Waals surface area (Å²) < 4.78 is 11.3. The van der Waals surface area contributed by atoms with Crippen molar-refractivity contribution in [2.24, 2.45) is 10.7 Å². The van der Waals surface area contributed by atoms with Crippen molar-refractivity contribution in [3.8, 4) is 11.5 Å². The van der Waals surface area contributed by atoms with E-state index in [0.29, 0.717) is 31.8 Å². The number of hydrogen-bond acceptors (Lipinski definition) is 5. The minimum absolute atomic E-state index is 0.228. The van der Waals surface area contributed by atoms with E-state index in [9.17, 15) is 0 Å². The van der Waals surface area contributed by atoms with Gasteiger partial charge in [-0.1, -0.05) is 6.07 Å². The molecule has 0 saturated carbocycles. The molecule has 0 radical (unpaired) electrons. The van der Waals surface area contributed by atoms with Crippen molar-refractivity contribution in [3.05, 3.63) is 23.8 Å². The zero-order valence-electron chi connectivity index (χ0n) is 12.2. The van der Waals surface area contributed by atoms with Crippen molar-refractivity contribution in [2.75, 3.05) is 19.8 Å². The molecule has 2 aliphatic rings. The summed E-state index contributed by atoms with van der Waals surface area (Å²) in [6, 6.07) is 6.40. The maximum Gasteiger partial charge on any atom is 0.192 e. The smallest absolute Gasteiger partial charge is 0.192 e. The molecule has 2 aliphatic heterocycles. The Morgan fingerprint density at radius 3 is 2.65 bits per heavy atom. The molecule has 0 aliphatic carbocycles. The number of benzene rings is 1. The van der Waals surface area contributed by atoms with Crippen molar-refractivity contribution in [1.29, 1.82) is 0 Å². The summed E-state index contributed by atoms with van der Waals surface area (Å²) in [5.41, 5.74) is 6.98. The van der Waals surface area contributed by atoms with E-state index in [1.54, 1.807) is 0 Å². The SMILES string of the molecule is CC(C)N1C(N)=NCC1(C)c1ccc2c(c1)OCCO2. The molecule has 0 bridgehead atoms. The van der Waals surface area contributed by atoms with Crippen LogP contribution in [0.4, 0.5) is 0 Å². The van der Waals surface area contributed by atoms with Gasteiger partial charge in [0, 0.05) is 6.04 Å². The monoisotopic (exact) mass is 275 g/mol. The Morgan fingerprint density at radius 1 is 1.25 bits per heavy atom. The Balaban J connectivity index is 1.99. The van der Waals surface area contributed by atoms with Crippen LogP contribution >= 0.6 is 0 Å². The number of nitrogens with two attached hydrogens (primary N) is 1. The number of ether oxygens (including phenoxy) is 2. The third-order valence-corrected chi connectivity index (χ3v) is 4.01. The quantitative estimate of drug-likeness (QED) is 0.892. The minimum Gasteiger partial charge on any atom is -0.486 e. The van der Waals surface area contributed by atoms with Crippen LogP contribution in [0.1, 0.15) is 26.3 Å². The van der Waals surface area contributed by atoms with Crippen LogP contribution in [0.25, 0.3) is 0 Å². The average Bonchev–Trinajstić information content (AvgIpc) is 2.75. The van der Waals surface area contributed by atoms with Gasteiger partial charge in [0.1, 0.15) is 13.2 Å². The molecule has 0 aromatic heterocycles. The standard InChI is InChI=1S/C15H21N3O2/c1-10(2)18-14(16)17-9-15(18,3)11-4-5-12-13(8-11)20-7-6-19-12/h4-5,8,10H,6-7,9H2,1-3H3,(H2,16,17). The summed E-state index contributed by atoms with van der Waals surface area (Å²) in [7, 11) is 0. The second kappa shape index (κ2) is 4.58. The lowest BCUT2D eigenvalue weighted by molar-refractivity contribution is 0.166. The first-order chi connectivity index (χ1) is 9.52. The molecule has 2 heterocycles. The Labute approximate surface area is 119 Å². The number of nitrogens with zero attached hydrogens (tertiary/aromatic N) is 2. The van der Waals surface area contributed by atoms with Crippen LogP contribution in [0.5, 0.6) is 11.5 Å². The van der Waals surface area contributed by atoms with E-state index in [0.717, 1.165) is 17.1 Å². The molecule has 0 spiro atoms. The summed E-state index contributed by atoms with van der Waals surface area (Å²) >= 11 is 0. The van der Waals surface area contributed by atoms with Gasteiger partial charge in [-0.05, 0) is 38.5 Å². The fraction of sp³-hybridized carbons (Fsp3) is 0.533. The normalized spacial score (nSPS) is 25.0. The predicted octanol–water partition coefficient (Wildman–Crippen LogP) is 1.71. The van der Waals surface area contributed by atoms with Gasteiger partial charge in [0.25, 0.3) is 0 Å². The van der Waals surface area contributed by atoms with Crippen molar-refractivity contribution in [1.82, 2.24) is 4.90 Å². The van der Waals surface area contributed by atoms with Gasteiger partial charge in [-0.2, -0.15) is 0 Å². The molecule has 0 amide bonds. The number of aliphatic imine (C=N–C) groups is 1. The highest BCUT2D eigenvalue weighted by Gasteiger charge is 2.41. The first-order valence-corrected chi connectivity index (χ1v) is 7.02. The lowest BCUT2D eigenvalue weighted by atomic mass is 9.89. The highest BCUT2D eigenvalue weighted by Crippen LogP contribution is 2.39. The molecule has 3 rings (SSSR count).